The number of carbonyl (C=O) groups is 1. The number of hydrogen-bond donors (Lipinski definition) is 2. The van der Waals surface area contributed by atoms with Crippen LogP contribution in [0.25, 0.3) is 0 Å². The fourth-order valence-corrected chi connectivity index (χ4v) is 3.55. The third-order valence-electron chi connectivity index (χ3n) is 3.27. The maximum Gasteiger partial charge on any atom is 0.238 e. The second-order valence-corrected chi connectivity index (χ2v) is 7.08. The SMILES string of the molecule is Cc1c(S(N)(=O)=O)cc(Cl)c(NC(=O)C2CCOC2)c1Cl. The molecule has 0 aromatic heterocycles. The van der Waals surface area contributed by atoms with Crippen molar-refractivity contribution in [2.45, 2.75) is 18.2 Å². The summed E-state index contributed by atoms with van der Waals surface area (Å²) < 4.78 is 28.1. The van der Waals surface area contributed by atoms with Crippen LogP contribution >= 0.6 is 23.2 Å². The van der Waals surface area contributed by atoms with Crippen molar-refractivity contribution in [2.75, 3.05) is 18.5 Å². The van der Waals surface area contributed by atoms with Crippen molar-refractivity contribution in [3.63, 3.8) is 0 Å². The summed E-state index contributed by atoms with van der Waals surface area (Å²) in [6.07, 6.45) is 0.620. The van der Waals surface area contributed by atoms with Crippen molar-refractivity contribution < 1.29 is 17.9 Å². The third-order valence-corrected chi connectivity index (χ3v) is 5.08. The van der Waals surface area contributed by atoms with Crippen molar-refractivity contribution in [1.82, 2.24) is 0 Å². The zero-order chi connectivity index (χ0) is 15.8. The summed E-state index contributed by atoms with van der Waals surface area (Å²) >= 11 is 12.1. The molecule has 0 radical (unpaired) electrons. The molecule has 6 nitrogen and oxygen atoms in total. The van der Waals surface area contributed by atoms with Crippen LogP contribution in [-0.2, 0) is 19.6 Å². The fourth-order valence-electron chi connectivity index (χ4n) is 2.07. The summed E-state index contributed by atoms with van der Waals surface area (Å²) in [7, 11) is -3.94. The van der Waals surface area contributed by atoms with E-state index in [2.05, 4.69) is 5.32 Å². The number of anilines is 1. The Bertz CT molecular complexity index is 685. The van der Waals surface area contributed by atoms with Crippen molar-refractivity contribution in [3.05, 3.63) is 21.7 Å². The molecule has 1 aliphatic heterocycles. The maximum atomic E-state index is 12.1. The Morgan fingerprint density at radius 2 is 2.14 bits per heavy atom. The van der Waals surface area contributed by atoms with E-state index in [1.807, 2.05) is 0 Å². The first kappa shape index (κ1) is 16.5. The van der Waals surface area contributed by atoms with Gasteiger partial charge in [0.05, 0.1) is 33.2 Å². The summed E-state index contributed by atoms with van der Waals surface area (Å²) in [6.45, 7) is 2.37. The highest BCUT2D eigenvalue weighted by Gasteiger charge is 2.26. The minimum absolute atomic E-state index is 0.0156. The van der Waals surface area contributed by atoms with Gasteiger partial charge in [-0.05, 0) is 25.0 Å². The fraction of sp³-hybridized carbons (Fsp3) is 0.417. The lowest BCUT2D eigenvalue weighted by molar-refractivity contribution is -0.119. The number of hydrogen-bond acceptors (Lipinski definition) is 4. The normalized spacial score (nSPS) is 18.8. The molecule has 0 aliphatic carbocycles. The van der Waals surface area contributed by atoms with Crippen LogP contribution < -0.4 is 10.5 Å². The highest BCUT2D eigenvalue weighted by molar-refractivity contribution is 7.89. The number of carbonyl (C=O) groups excluding carboxylic acids is 1. The highest BCUT2D eigenvalue weighted by atomic mass is 35.5. The van der Waals surface area contributed by atoms with Crippen molar-refractivity contribution in [2.24, 2.45) is 11.1 Å². The van der Waals surface area contributed by atoms with E-state index < -0.39 is 10.0 Å². The average molecular weight is 353 g/mol. The average Bonchev–Trinajstić information content (AvgIpc) is 2.91. The molecular formula is C12H14Cl2N2O4S. The van der Waals surface area contributed by atoms with Crippen molar-refractivity contribution >= 4 is 44.8 Å². The zero-order valence-corrected chi connectivity index (χ0v) is 13.5. The van der Waals surface area contributed by atoms with Crippen LogP contribution in [0.2, 0.25) is 10.0 Å². The standard InChI is InChI=1S/C12H14Cl2N2O4S/c1-6-9(21(15,18)19)4-8(13)11(10(6)14)16-12(17)7-2-3-20-5-7/h4,7H,2-3,5H2,1H3,(H,16,17)(H2,15,18,19). The van der Waals surface area contributed by atoms with Gasteiger partial charge in [-0.25, -0.2) is 13.6 Å². The molecule has 1 heterocycles. The number of benzene rings is 1. The van der Waals surface area contributed by atoms with Gasteiger partial charge in [0.1, 0.15) is 0 Å². The molecule has 1 atom stereocenters. The number of rotatable bonds is 3. The molecule has 0 bridgehead atoms. The molecule has 1 saturated heterocycles. The van der Waals surface area contributed by atoms with Crippen LogP contribution in [0.3, 0.4) is 0 Å². The van der Waals surface area contributed by atoms with Crippen LogP contribution in [0.4, 0.5) is 5.69 Å². The van der Waals surface area contributed by atoms with E-state index in [0.29, 0.717) is 19.6 Å². The Labute approximate surface area is 132 Å². The molecule has 1 fully saturated rings. The van der Waals surface area contributed by atoms with Gasteiger partial charge >= 0.3 is 0 Å². The van der Waals surface area contributed by atoms with E-state index in [9.17, 15) is 13.2 Å². The third kappa shape index (κ3) is 3.49. The van der Waals surface area contributed by atoms with E-state index >= 15 is 0 Å². The van der Waals surface area contributed by atoms with E-state index in [1.54, 1.807) is 0 Å². The van der Waals surface area contributed by atoms with Crippen LogP contribution in [-0.4, -0.2) is 27.5 Å². The van der Waals surface area contributed by atoms with Gasteiger partial charge in [0, 0.05) is 6.61 Å². The first-order valence-corrected chi connectivity index (χ1v) is 8.42. The molecule has 116 valence electrons. The van der Waals surface area contributed by atoms with Crippen LogP contribution in [0.5, 0.6) is 0 Å². The first-order chi connectivity index (χ1) is 9.71. The van der Waals surface area contributed by atoms with Gasteiger partial charge < -0.3 is 10.1 Å². The lowest BCUT2D eigenvalue weighted by Crippen LogP contribution is -2.23. The van der Waals surface area contributed by atoms with Gasteiger partial charge in [0.15, 0.2) is 0 Å². The number of nitrogens with two attached hydrogens (primary N) is 1. The van der Waals surface area contributed by atoms with Gasteiger partial charge in [-0.2, -0.15) is 0 Å². The molecule has 2 rings (SSSR count). The van der Waals surface area contributed by atoms with Gasteiger partial charge in [-0.15, -0.1) is 0 Å². The molecule has 1 aromatic carbocycles. The molecule has 1 aromatic rings. The molecule has 9 heteroatoms. The van der Waals surface area contributed by atoms with Gasteiger partial charge in [0.2, 0.25) is 15.9 Å². The minimum atomic E-state index is -3.94. The lowest BCUT2D eigenvalue weighted by atomic mass is 10.1. The van der Waals surface area contributed by atoms with Crippen LogP contribution in [0.15, 0.2) is 11.0 Å². The van der Waals surface area contributed by atoms with Crippen molar-refractivity contribution in [3.8, 4) is 0 Å². The Kier molecular flexibility index (Phi) is 4.79. The maximum absolute atomic E-state index is 12.1. The smallest absolute Gasteiger partial charge is 0.238 e. The number of nitrogens with one attached hydrogen (secondary N) is 1. The predicted octanol–water partition coefficient (Wildman–Crippen LogP) is 1.92. The first-order valence-electron chi connectivity index (χ1n) is 6.12. The van der Waals surface area contributed by atoms with Gasteiger partial charge in [-0.1, -0.05) is 23.2 Å². The molecule has 0 spiro atoms. The van der Waals surface area contributed by atoms with E-state index in [1.165, 1.54) is 13.0 Å². The molecule has 0 saturated carbocycles. The summed E-state index contributed by atoms with van der Waals surface area (Å²) in [6, 6.07) is 1.18. The van der Waals surface area contributed by atoms with E-state index in [-0.39, 0.29) is 38.0 Å². The quantitative estimate of drug-likeness (QED) is 0.867. The van der Waals surface area contributed by atoms with Gasteiger partial charge in [0.25, 0.3) is 0 Å². The Morgan fingerprint density at radius 3 is 2.67 bits per heavy atom. The molecule has 3 N–H and O–H groups in total. The summed E-state index contributed by atoms with van der Waals surface area (Å²) in [4.78, 5) is 11.9. The zero-order valence-electron chi connectivity index (χ0n) is 11.2. The van der Waals surface area contributed by atoms with Crippen molar-refractivity contribution in [1.29, 1.82) is 0 Å². The largest absolute Gasteiger partial charge is 0.381 e. The topological polar surface area (TPSA) is 98.5 Å². The molecular weight excluding hydrogens is 339 g/mol. The highest BCUT2D eigenvalue weighted by Crippen LogP contribution is 2.37. The summed E-state index contributed by atoms with van der Waals surface area (Å²) in [5.41, 5.74) is 0.418. The monoisotopic (exact) mass is 352 g/mol. The second-order valence-electron chi connectivity index (χ2n) is 4.77. The Hall–Kier alpha value is -0.860. The molecule has 1 aliphatic rings. The number of ether oxygens (including phenoxy) is 1. The number of halogens is 2. The number of primary sulfonamides is 1. The van der Waals surface area contributed by atoms with Gasteiger partial charge in [-0.3, -0.25) is 4.79 Å². The Morgan fingerprint density at radius 1 is 1.48 bits per heavy atom. The van der Waals surface area contributed by atoms with E-state index in [0.717, 1.165) is 0 Å². The Balaban J connectivity index is 2.37. The second kappa shape index (κ2) is 6.10. The van der Waals surface area contributed by atoms with Crippen LogP contribution in [0.1, 0.15) is 12.0 Å². The van der Waals surface area contributed by atoms with E-state index in [4.69, 9.17) is 33.1 Å². The minimum Gasteiger partial charge on any atom is -0.381 e. The number of sulfonamides is 1. The summed E-state index contributed by atoms with van der Waals surface area (Å²) in [5, 5.41) is 7.79. The summed E-state index contributed by atoms with van der Waals surface area (Å²) in [5.74, 6) is -0.533. The lowest BCUT2D eigenvalue weighted by Gasteiger charge is -2.15. The molecule has 21 heavy (non-hydrogen) atoms. The predicted molar refractivity (Wildman–Crippen MR) is 80.1 cm³/mol. The van der Waals surface area contributed by atoms with Crippen LogP contribution in [0, 0.1) is 12.8 Å². The number of amides is 1. The molecule has 1 amide bonds. The molecule has 1 unspecified atom stereocenters.